The van der Waals surface area contributed by atoms with Crippen LogP contribution in [0.3, 0.4) is 0 Å². The number of esters is 1. The Balaban J connectivity index is 0.00000191. The van der Waals surface area contributed by atoms with Crippen molar-refractivity contribution in [3.8, 4) is 0 Å². The van der Waals surface area contributed by atoms with Crippen molar-refractivity contribution >= 4 is 11.8 Å². The van der Waals surface area contributed by atoms with Crippen molar-refractivity contribution in [3.05, 3.63) is 35.9 Å². The van der Waals surface area contributed by atoms with Crippen molar-refractivity contribution < 1.29 is 19.1 Å². The van der Waals surface area contributed by atoms with E-state index >= 15 is 0 Å². The molecule has 118 valence electrons. The number of Topliss-reactive ketones (excluding diaryl/α,β-unsaturated/α-hetero) is 1. The standard InChI is InChI=1S/C15H20O4.CH5N/c1-2-19-15(17)11-14(16)12-18-10-6-9-13-7-4-3-5-8-13;1-2/h3-5,7-8H,2,6,9-12H2,1H3;2H2,1H3. The number of hydrogen-bond acceptors (Lipinski definition) is 5. The monoisotopic (exact) mass is 295 g/mol. The lowest BCUT2D eigenvalue weighted by Crippen LogP contribution is -2.16. The average molecular weight is 295 g/mol. The Morgan fingerprint density at radius 1 is 1.14 bits per heavy atom. The van der Waals surface area contributed by atoms with Crippen molar-refractivity contribution in [3.63, 3.8) is 0 Å². The molecule has 1 rings (SSSR count). The second-order valence-electron chi connectivity index (χ2n) is 4.16. The minimum Gasteiger partial charge on any atom is -0.466 e. The fourth-order valence-corrected chi connectivity index (χ4v) is 1.63. The number of carbonyl (C=O) groups is 2. The summed E-state index contributed by atoms with van der Waals surface area (Å²) in [4.78, 5) is 22.4. The molecule has 0 aliphatic carbocycles. The Hall–Kier alpha value is -1.72. The number of nitrogens with two attached hydrogens (primary N) is 1. The van der Waals surface area contributed by atoms with Crippen LogP contribution in [-0.2, 0) is 25.5 Å². The van der Waals surface area contributed by atoms with Gasteiger partial charge in [-0.25, -0.2) is 0 Å². The van der Waals surface area contributed by atoms with E-state index in [0.29, 0.717) is 13.2 Å². The minimum absolute atomic E-state index is 0.0202. The third-order valence-corrected chi connectivity index (χ3v) is 2.51. The van der Waals surface area contributed by atoms with Crippen molar-refractivity contribution in [1.82, 2.24) is 0 Å². The fourth-order valence-electron chi connectivity index (χ4n) is 1.63. The topological polar surface area (TPSA) is 78.6 Å². The van der Waals surface area contributed by atoms with Crippen molar-refractivity contribution in [1.29, 1.82) is 0 Å². The van der Waals surface area contributed by atoms with Crippen LogP contribution in [0.1, 0.15) is 25.3 Å². The Morgan fingerprint density at radius 2 is 1.81 bits per heavy atom. The predicted molar refractivity (Wildman–Crippen MR) is 82.0 cm³/mol. The van der Waals surface area contributed by atoms with Gasteiger partial charge < -0.3 is 15.2 Å². The van der Waals surface area contributed by atoms with Gasteiger partial charge in [0.05, 0.1) is 6.61 Å². The van der Waals surface area contributed by atoms with Crippen LogP contribution < -0.4 is 5.73 Å². The second kappa shape index (κ2) is 13.3. The molecule has 1 aromatic rings. The van der Waals surface area contributed by atoms with Gasteiger partial charge >= 0.3 is 5.97 Å². The van der Waals surface area contributed by atoms with E-state index in [0.717, 1.165) is 12.8 Å². The lowest BCUT2D eigenvalue weighted by Gasteiger charge is -2.04. The van der Waals surface area contributed by atoms with Crippen LogP contribution >= 0.6 is 0 Å². The molecule has 0 aromatic heterocycles. The van der Waals surface area contributed by atoms with Gasteiger partial charge in [0.25, 0.3) is 0 Å². The zero-order valence-corrected chi connectivity index (χ0v) is 12.8. The lowest BCUT2D eigenvalue weighted by molar-refractivity contribution is -0.146. The summed E-state index contributed by atoms with van der Waals surface area (Å²) in [5.74, 6) is -0.724. The fraction of sp³-hybridized carbons (Fsp3) is 0.500. The van der Waals surface area contributed by atoms with Crippen LogP contribution in [0.2, 0.25) is 0 Å². The number of aryl methyl sites for hydroxylation is 1. The van der Waals surface area contributed by atoms with Gasteiger partial charge in [0.1, 0.15) is 13.0 Å². The molecule has 5 nitrogen and oxygen atoms in total. The van der Waals surface area contributed by atoms with Crippen LogP contribution in [-0.4, -0.2) is 38.6 Å². The van der Waals surface area contributed by atoms with Gasteiger partial charge in [-0.2, -0.15) is 0 Å². The summed E-state index contributed by atoms with van der Waals surface area (Å²) in [5.41, 5.74) is 5.75. The molecule has 0 unspecified atom stereocenters. The molecule has 0 saturated carbocycles. The molecule has 1 aromatic carbocycles. The van der Waals surface area contributed by atoms with Gasteiger partial charge in [-0.15, -0.1) is 0 Å². The second-order valence-corrected chi connectivity index (χ2v) is 4.16. The number of ether oxygens (including phenoxy) is 2. The van der Waals surface area contributed by atoms with Gasteiger partial charge in [-0.3, -0.25) is 9.59 Å². The van der Waals surface area contributed by atoms with E-state index in [1.54, 1.807) is 6.92 Å². The van der Waals surface area contributed by atoms with Gasteiger partial charge in [-0.1, -0.05) is 30.3 Å². The number of ketones is 1. The molecule has 5 heteroatoms. The van der Waals surface area contributed by atoms with Crippen molar-refractivity contribution in [2.75, 3.05) is 26.9 Å². The van der Waals surface area contributed by atoms with Gasteiger partial charge in [0.2, 0.25) is 0 Å². The zero-order valence-electron chi connectivity index (χ0n) is 12.8. The summed E-state index contributed by atoms with van der Waals surface area (Å²) in [6.07, 6.45) is 1.58. The first kappa shape index (κ1) is 19.3. The molecule has 0 fully saturated rings. The average Bonchev–Trinajstić information content (AvgIpc) is 2.50. The normalized spacial score (nSPS) is 9.48. The summed E-state index contributed by atoms with van der Waals surface area (Å²) in [6.45, 7) is 2.50. The summed E-state index contributed by atoms with van der Waals surface area (Å²) in [7, 11) is 1.50. The molecule has 21 heavy (non-hydrogen) atoms. The molecule has 0 atom stereocenters. The molecule has 0 bridgehead atoms. The Morgan fingerprint density at radius 3 is 2.43 bits per heavy atom. The number of rotatable bonds is 9. The van der Waals surface area contributed by atoms with Crippen LogP contribution in [0.5, 0.6) is 0 Å². The molecule has 0 aliphatic heterocycles. The Labute approximate surface area is 126 Å². The molecule has 0 aliphatic rings. The Bertz CT molecular complexity index is 393. The maximum absolute atomic E-state index is 11.3. The maximum atomic E-state index is 11.3. The smallest absolute Gasteiger partial charge is 0.313 e. The summed E-state index contributed by atoms with van der Waals surface area (Å²) >= 11 is 0. The third-order valence-electron chi connectivity index (χ3n) is 2.51. The third kappa shape index (κ3) is 10.7. The van der Waals surface area contributed by atoms with Crippen LogP contribution in [0.25, 0.3) is 0 Å². The first-order chi connectivity index (χ1) is 10.2. The SMILES string of the molecule is CCOC(=O)CC(=O)COCCCc1ccccc1.CN. The van der Waals surface area contributed by atoms with Gasteiger partial charge in [0, 0.05) is 6.61 Å². The minimum atomic E-state index is -0.486. The highest BCUT2D eigenvalue weighted by Crippen LogP contribution is 2.02. The van der Waals surface area contributed by atoms with Crippen LogP contribution in [0.15, 0.2) is 30.3 Å². The first-order valence-electron chi connectivity index (χ1n) is 7.09. The predicted octanol–water partition coefficient (Wildman–Crippen LogP) is 1.73. The molecule has 0 saturated heterocycles. The van der Waals surface area contributed by atoms with Crippen LogP contribution in [0.4, 0.5) is 0 Å². The van der Waals surface area contributed by atoms with Gasteiger partial charge in [0.15, 0.2) is 5.78 Å². The number of carbonyl (C=O) groups excluding carboxylic acids is 2. The molecule has 0 amide bonds. The zero-order chi connectivity index (χ0) is 15.9. The highest BCUT2D eigenvalue weighted by Gasteiger charge is 2.09. The van der Waals surface area contributed by atoms with E-state index in [9.17, 15) is 9.59 Å². The summed E-state index contributed by atoms with van der Waals surface area (Å²) in [6, 6.07) is 10.1. The van der Waals surface area contributed by atoms with E-state index in [2.05, 4.69) is 22.6 Å². The Kier molecular flexibility index (Phi) is 12.2. The molecular formula is C16H25NO4. The van der Waals surface area contributed by atoms with E-state index < -0.39 is 5.97 Å². The van der Waals surface area contributed by atoms with Gasteiger partial charge in [-0.05, 0) is 32.4 Å². The highest BCUT2D eigenvalue weighted by molar-refractivity contribution is 5.96. The first-order valence-corrected chi connectivity index (χ1v) is 7.09. The molecule has 0 radical (unpaired) electrons. The number of benzene rings is 1. The van der Waals surface area contributed by atoms with E-state index in [1.807, 2.05) is 18.2 Å². The maximum Gasteiger partial charge on any atom is 0.313 e. The molecular weight excluding hydrogens is 270 g/mol. The summed E-state index contributed by atoms with van der Waals surface area (Å²) in [5, 5.41) is 0. The summed E-state index contributed by atoms with van der Waals surface area (Å²) < 4.78 is 9.92. The molecule has 0 spiro atoms. The highest BCUT2D eigenvalue weighted by atomic mass is 16.5. The quantitative estimate of drug-likeness (QED) is 0.426. The molecule has 0 heterocycles. The van der Waals surface area contributed by atoms with E-state index in [4.69, 9.17) is 4.74 Å². The number of hydrogen-bond donors (Lipinski definition) is 1. The van der Waals surface area contributed by atoms with Crippen molar-refractivity contribution in [2.45, 2.75) is 26.2 Å². The van der Waals surface area contributed by atoms with E-state index in [-0.39, 0.29) is 18.8 Å². The van der Waals surface area contributed by atoms with Crippen LogP contribution in [0, 0.1) is 0 Å². The largest absolute Gasteiger partial charge is 0.466 e. The lowest BCUT2D eigenvalue weighted by atomic mass is 10.1. The molecule has 2 N–H and O–H groups in total. The van der Waals surface area contributed by atoms with E-state index in [1.165, 1.54) is 12.6 Å². The van der Waals surface area contributed by atoms with Crippen molar-refractivity contribution in [2.24, 2.45) is 5.73 Å².